The van der Waals surface area contributed by atoms with E-state index in [-0.39, 0.29) is 46.5 Å². The van der Waals surface area contributed by atoms with Gasteiger partial charge in [0.15, 0.2) is 0 Å². The Kier molecular flexibility index (Phi) is 7.43. The van der Waals surface area contributed by atoms with Crippen LogP contribution in [0, 0.1) is 5.92 Å². The first kappa shape index (κ1) is 21.9. The van der Waals surface area contributed by atoms with Crippen molar-refractivity contribution in [2.75, 3.05) is 0 Å². The molecule has 0 saturated heterocycles. The van der Waals surface area contributed by atoms with Crippen LogP contribution in [0.5, 0.6) is 0 Å². The van der Waals surface area contributed by atoms with Gasteiger partial charge in [-0.2, -0.15) is 12.2 Å². The number of allylic oxidation sites excluding steroid dienone is 6. The number of halogens is 2. The molecule has 2 aromatic carbocycles. The van der Waals surface area contributed by atoms with E-state index in [4.69, 9.17) is 0 Å². The van der Waals surface area contributed by atoms with Gasteiger partial charge in [0, 0.05) is 0 Å². The molecule has 0 bridgehead atoms. The Morgan fingerprint density at radius 1 is 0.741 bits per heavy atom. The van der Waals surface area contributed by atoms with Crippen molar-refractivity contribution in [3.05, 3.63) is 112 Å². The van der Waals surface area contributed by atoms with Gasteiger partial charge >= 0.3 is 21.7 Å². The van der Waals surface area contributed by atoms with Crippen LogP contribution < -0.4 is 24.8 Å². The van der Waals surface area contributed by atoms with Crippen LogP contribution >= 0.6 is 0 Å². The minimum Gasteiger partial charge on any atom is -1.00 e. The Balaban J connectivity index is 0.000000871. The molecule has 0 nitrogen and oxygen atoms in total. The second-order valence-corrected chi connectivity index (χ2v) is 6.81. The van der Waals surface area contributed by atoms with Crippen molar-refractivity contribution >= 4 is 12.2 Å². The third kappa shape index (κ3) is 4.20. The molecule has 0 aliphatic heterocycles. The third-order valence-corrected chi connectivity index (χ3v) is 5.32. The minimum atomic E-state index is 0. The molecule has 1 radical (unpaired) electrons. The summed E-state index contributed by atoms with van der Waals surface area (Å²) in [6.07, 6.45) is 14.9. The SMILES string of the molecule is C1=C[C-](C2=Cc3ccccc3C2)CC=C1C1=Cc2ccccc2C1.[Cl-].[Cl-].[Ti+3]. The van der Waals surface area contributed by atoms with Crippen LogP contribution in [0.2, 0.25) is 0 Å². The number of rotatable bonds is 2. The van der Waals surface area contributed by atoms with Crippen LogP contribution in [0.25, 0.3) is 12.2 Å². The molecule has 0 fully saturated rings. The molecule has 27 heavy (non-hydrogen) atoms. The maximum Gasteiger partial charge on any atom is 3.00 e. The van der Waals surface area contributed by atoms with Gasteiger partial charge in [-0.25, -0.2) is 0 Å². The Morgan fingerprint density at radius 3 is 1.96 bits per heavy atom. The van der Waals surface area contributed by atoms with Crippen LogP contribution in [0.3, 0.4) is 0 Å². The van der Waals surface area contributed by atoms with E-state index in [0.717, 1.165) is 19.3 Å². The normalized spacial score (nSPS) is 16.0. The summed E-state index contributed by atoms with van der Waals surface area (Å²) >= 11 is 0. The molecule has 0 amide bonds. The van der Waals surface area contributed by atoms with Crippen molar-refractivity contribution in [1.29, 1.82) is 0 Å². The van der Waals surface area contributed by atoms with E-state index in [2.05, 4.69) is 78.9 Å². The summed E-state index contributed by atoms with van der Waals surface area (Å²) in [6, 6.07) is 17.4. The van der Waals surface area contributed by atoms with Crippen molar-refractivity contribution in [3.63, 3.8) is 0 Å². The van der Waals surface area contributed by atoms with Gasteiger partial charge in [0.1, 0.15) is 0 Å². The molecule has 3 aliphatic carbocycles. The zero-order valence-corrected chi connectivity index (χ0v) is 18.0. The van der Waals surface area contributed by atoms with Crippen LogP contribution in [-0.2, 0) is 34.6 Å². The zero-order valence-electron chi connectivity index (χ0n) is 14.9. The van der Waals surface area contributed by atoms with Crippen LogP contribution in [-0.4, -0.2) is 0 Å². The number of benzene rings is 2. The molecule has 3 aliphatic rings. The van der Waals surface area contributed by atoms with Crippen LogP contribution in [0.4, 0.5) is 0 Å². The van der Waals surface area contributed by atoms with Crippen molar-refractivity contribution in [2.45, 2.75) is 19.3 Å². The summed E-state index contributed by atoms with van der Waals surface area (Å²) in [5.41, 5.74) is 10.00. The maximum atomic E-state index is 2.40. The Hall–Kier alpha value is -1.44. The van der Waals surface area contributed by atoms with Crippen molar-refractivity contribution < 1.29 is 46.5 Å². The smallest absolute Gasteiger partial charge is 1.00 e. The molecule has 0 aromatic heterocycles. The Bertz CT molecular complexity index is 950. The van der Waals surface area contributed by atoms with E-state index in [9.17, 15) is 0 Å². The van der Waals surface area contributed by atoms with Gasteiger partial charge in [-0.15, -0.1) is 17.6 Å². The van der Waals surface area contributed by atoms with E-state index >= 15 is 0 Å². The van der Waals surface area contributed by atoms with Crippen LogP contribution in [0.1, 0.15) is 28.7 Å². The summed E-state index contributed by atoms with van der Waals surface area (Å²) in [5.74, 6) is 1.46. The van der Waals surface area contributed by atoms with E-state index < -0.39 is 0 Å². The fourth-order valence-electron chi connectivity index (χ4n) is 3.97. The number of fused-ring (bicyclic) bond motifs is 2. The minimum absolute atomic E-state index is 0. The first-order valence-electron chi connectivity index (χ1n) is 8.68. The summed E-state index contributed by atoms with van der Waals surface area (Å²) in [4.78, 5) is 0. The molecule has 0 heterocycles. The van der Waals surface area contributed by atoms with E-state index in [1.165, 1.54) is 44.9 Å². The quantitative estimate of drug-likeness (QED) is 0.459. The fraction of sp³-hybridized carbons (Fsp3) is 0.125. The largest absolute Gasteiger partial charge is 3.00 e. The molecule has 0 spiro atoms. The van der Waals surface area contributed by atoms with Crippen LogP contribution in [0.15, 0.2) is 83.5 Å². The third-order valence-electron chi connectivity index (χ3n) is 5.32. The van der Waals surface area contributed by atoms with Gasteiger partial charge in [-0.1, -0.05) is 83.8 Å². The topological polar surface area (TPSA) is 0 Å². The average Bonchev–Trinajstić information content (AvgIpc) is 3.25. The van der Waals surface area contributed by atoms with Gasteiger partial charge < -0.3 is 24.8 Å². The maximum absolute atomic E-state index is 2.40. The molecule has 0 atom stereocenters. The van der Waals surface area contributed by atoms with E-state index in [1.807, 2.05) is 0 Å². The molecule has 0 N–H and O–H groups in total. The van der Waals surface area contributed by atoms with Gasteiger partial charge in [0.05, 0.1) is 0 Å². The fourth-order valence-corrected chi connectivity index (χ4v) is 3.97. The van der Waals surface area contributed by atoms with E-state index in [0.29, 0.717) is 0 Å². The monoisotopic (exact) mass is 425 g/mol. The number of hydrogen-bond donors (Lipinski definition) is 0. The molecule has 2 aromatic rings. The predicted octanol–water partition coefficient (Wildman–Crippen LogP) is -0.268. The molecule has 0 unspecified atom stereocenters. The molecule has 5 rings (SSSR count). The second-order valence-electron chi connectivity index (χ2n) is 6.81. The standard InChI is InChI=1S/C24H19.2ClH.Ti/c1-2-6-20-14-23(13-19(20)5-1)17-9-11-18(12-10-17)24-15-21-7-3-4-8-22(21)16-24;;;/h1-11,13,15H,12,14,16H2;2*1H;/q-1;;;+3/p-2. The molecule has 0 saturated carbocycles. The predicted molar refractivity (Wildman–Crippen MR) is 101 cm³/mol. The van der Waals surface area contributed by atoms with Crippen molar-refractivity contribution in [1.82, 2.24) is 0 Å². The summed E-state index contributed by atoms with van der Waals surface area (Å²) in [6.45, 7) is 0. The van der Waals surface area contributed by atoms with Crippen molar-refractivity contribution in [3.8, 4) is 0 Å². The summed E-state index contributed by atoms with van der Waals surface area (Å²) in [7, 11) is 0. The molecule has 133 valence electrons. The van der Waals surface area contributed by atoms with Crippen molar-refractivity contribution in [2.24, 2.45) is 0 Å². The van der Waals surface area contributed by atoms with Gasteiger partial charge in [-0.05, 0) is 29.5 Å². The zero-order chi connectivity index (χ0) is 15.9. The number of hydrogen-bond acceptors (Lipinski definition) is 0. The second kappa shape index (κ2) is 9.17. The van der Waals surface area contributed by atoms with Gasteiger partial charge in [0.25, 0.3) is 0 Å². The first-order valence-corrected chi connectivity index (χ1v) is 8.68. The summed E-state index contributed by atoms with van der Waals surface area (Å²) < 4.78 is 0. The van der Waals surface area contributed by atoms with Gasteiger partial charge in [0.2, 0.25) is 0 Å². The Morgan fingerprint density at radius 2 is 1.37 bits per heavy atom. The Labute approximate surface area is 188 Å². The summed E-state index contributed by atoms with van der Waals surface area (Å²) in [5, 5.41) is 0. The van der Waals surface area contributed by atoms with Gasteiger partial charge in [-0.3, -0.25) is 0 Å². The first-order chi connectivity index (χ1) is 11.9. The molecule has 3 heteroatoms. The average molecular weight is 426 g/mol. The molecular formula is C24H19Cl2Ti. The molecular weight excluding hydrogens is 407 g/mol. The van der Waals surface area contributed by atoms with E-state index in [1.54, 1.807) is 0 Å².